The number of carbonyl (C=O) groups excluding carboxylic acids is 1. The van der Waals surface area contributed by atoms with Crippen LogP contribution in [0.2, 0.25) is 0 Å². The van der Waals surface area contributed by atoms with Crippen LogP contribution in [0.5, 0.6) is 0 Å². The highest BCUT2D eigenvalue weighted by atomic mass is 16.4. The van der Waals surface area contributed by atoms with Gasteiger partial charge in [0.05, 0.1) is 11.7 Å². The topological polar surface area (TPSA) is 89.9 Å². The van der Waals surface area contributed by atoms with Crippen LogP contribution in [0.1, 0.15) is 116 Å². The Hall–Kier alpha value is -2.28. The Balaban J connectivity index is 1.34. The summed E-state index contributed by atoms with van der Waals surface area (Å²) in [4.78, 5) is 27.6. The number of Topliss-reactive ketones (excluding diaryl/α,β-unsaturated/α-hetero) is 1. The second kappa shape index (κ2) is 12.2. The fourth-order valence-electron chi connectivity index (χ4n) is 12.7. The molecule has 6 heteroatoms. The summed E-state index contributed by atoms with van der Waals surface area (Å²) in [5.41, 5.74) is 5.09. The number of likely N-dealkylation sites (N-methyl/N-ethyl adjacent to an activating group) is 1. The molecule has 3 saturated carbocycles. The van der Waals surface area contributed by atoms with E-state index in [1.165, 1.54) is 24.0 Å². The lowest BCUT2D eigenvalue weighted by Gasteiger charge is -2.71. The number of nitrogens with one attached hydrogen (secondary N) is 1. The molecule has 0 saturated heterocycles. The summed E-state index contributed by atoms with van der Waals surface area (Å²) in [5, 5.41) is 25.0. The SMILES string of the molecule is CC(C)C1=C2[C@H]3CCC4[C@@]5(C)CC=C(c6ccc(C(=O)O)cc6)C(C)(C)[C@@H]5CC[C@@]4(C)[C@]3(C)CC[C@@]2(C(O)CNCCN(C)C)CC1=O. The normalized spacial score (nSPS) is 37.9. The van der Waals surface area contributed by atoms with Crippen molar-refractivity contribution in [1.82, 2.24) is 10.2 Å². The third-order valence-electron chi connectivity index (χ3n) is 15.2. The zero-order chi connectivity index (χ0) is 35.0. The molecule has 0 radical (unpaired) electrons. The number of hydrogen-bond donors (Lipinski definition) is 3. The molecule has 8 atom stereocenters. The molecule has 1 aromatic carbocycles. The molecule has 0 aliphatic heterocycles. The average Bonchev–Trinajstić information content (AvgIpc) is 3.32. The van der Waals surface area contributed by atoms with Crippen molar-refractivity contribution in [3.63, 3.8) is 0 Å². The highest BCUT2D eigenvalue weighted by Gasteiger charge is 2.70. The van der Waals surface area contributed by atoms with Crippen molar-refractivity contribution in [2.75, 3.05) is 33.7 Å². The predicted molar refractivity (Wildman–Crippen MR) is 194 cm³/mol. The summed E-state index contributed by atoms with van der Waals surface area (Å²) < 4.78 is 0. The predicted octanol–water partition coefficient (Wildman–Crippen LogP) is 7.87. The van der Waals surface area contributed by atoms with E-state index in [1.54, 1.807) is 12.1 Å². The number of fused-ring (bicyclic) bond motifs is 7. The Morgan fingerprint density at radius 2 is 1.65 bits per heavy atom. The Labute approximate surface area is 289 Å². The highest BCUT2D eigenvalue weighted by Crippen LogP contribution is 2.77. The summed E-state index contributed by atoms with van der Waals surface area (Å²) in [6.07, 6.45) is 9.98. The van der Waals surface area contributed by atoms with E-state index in [0.29, 0.717) is 36.3 Å². The number of benzene rings is 1. The quantitative estimate of drug-likeness (QED) is 0.234. The minimum atomic E-state index is -0.883. The fraction of sp³-hybridized carbons (Fsp3) is 0.714. The van der Waals surface area contributed by atoms with Gasteiger partial charge in [-0.05, 0) is 133 Å². The molecule has 0 spiro atoms. The second-order valence-corrected chi connectivity index (χ2v) is 18.3. The Kier molecular flexibility index (Phi) is 9.03. The van der Waals surface area contributed by atoms with Crippen molar-refractivity contribution in [1.29, 1.82) is 0 Å². The van der Waals surface area contributed by atoms with E-state index in [2.05, 4.69) is 78.9 Å². The van der Waals surface area contributed by atoms with Crippen LogP contribution >= 0.6 is 0 Å². The van der Waals surface area contributed by atoms with E-state index in [9.17, 15) is 19.8 Å². The monoisotopic (exact) mass is 658 g/mol. The molecule has 5 aliphatic carbocycles. The van der Waals surface area contributed by atoms with Gasteiger partial charge in [0.2, 0.25) is 0 Å². The molecule has 3 N–H and O–H groups in total. The molecule has 0 aromatic heterocycles. The van der Waals surface area contributed by atoms with Crippen LogP contribution in [0.3, 0.4) is 0 Å². The van der Waals surface area contributed by atoms with E-state index >= 15 is 0 Å². The van der Waals surface area contributed by atoms with Crippen molar-refractivity contribution in [2.24, 2.45) is 50.7 Å². The first-order valence-electron chi connectivity index (χ1n) is 18.8. The number of carboxylic acid groups (broad SMARTS) is 1. The molecule has 6 rings (SSSR count). The zero-order valence-corrected chi connectivity index (χ0v) is 31.2. The van der Waals surface area contributed by atoms with Crippen LogP contribution in [0.4, 0.5) is 0 Å². The standard InChI is InChI=1S/C42H62N2O4/c1-26(2)35-31(45)24-42(34(46)25-43-22-23-44(8)9)21-20-40(6)30(36(35)42)14-15-33-39(5)18-16-29(27-10-12-28(13-11-27)37(47)48)38(3,4)32(39)17-19-41(33,40)7/h10-13,16,26,30,32-34,43,46H,14-15,17-25H2,1-9H3,(H,47,48)/t30-,32+,33?,34?,39+,40-,41-,42+/m1/s1. The van der Waals surface area contributed by atoms with Crippen LogP contribution < -0.4 is 5.32 Å². The van der Waals surface area contributed by atoms with Crippen LogP contribution in [0.15, 0.2) is 41.5 Å². The van der Waals surface area contributed by atoms with Gasteiger partial charge in [0.15, 0.2) is 5.78 Å². The Bertz CT molecular complexity index is 1510. The second-order valence-electron chi connectivity index (χ2n) is 18.3. The van der Waals surface area contributed by atoms with E-state index in [4.69, 9.17) is 0 Å². The molecule has 2 unspecified atom stereocenters. The maximum Gasteiger partial charge on any atom is 0.335 e. The highest BCUT2D eigenvalue weighted by molar-refractivity contribution is 6.00. The number of carboxylic acids is 1. The van der Waals surface area contributed by atoms with Gasteiger partial charge in [-0.15, -0.1) is 0 Å². The first-order valence-corrected chi connectivity index (χ1v) is 18.8. The van der Waals surface area contributed by atoms with Crippen LogP contribution in [-0.2, 0) is 4.79 Å². The molecule has 1 aromatic rings. The zero-order valence-electron chi connectivity index (χ0n) is 31.2. The smallest absolute Gasteiger partial charge is 0.335 e. The summed E-state index contributed by atoms with van der Waals surface area (Å²) in [5.74, 6) is 0.981. The molecule has 6 nitrogen and oxygen atoms in total. The van der Waals surface area contributed by atoms with Gasteiger partial charge in [-0.2, -0.15) is 0 Å². The maximum atomic E-state index is 13.9. The number of aliphatic hydroxyl groups is 1. The van der Waals surface area contributed by atoms with Crippen molar-refractivity contribution in [2.45, 2.75) is 106 Å². The van der Waals surface area contributed by atoms with Crippen molar-refractivity contribution < 1.29 is 19.8 Å². The lowest BCUT2D eigenvalue weighted by molar-refractivity contribution is -0.200. The summed E-state index contributed by atoms with van der Waals surface area (Å²) in [6, 6.07) is 7.50. The third-order valence-corrected chi connectivity index (χ3v) is 15.2. The summed E-state index contributed by atoms with van der Waals surface area (Å²) in [7, 11) is 4.14. The number of allylic oxidation sites excluding steroid dienone is 3. The first-order chi connectivity index (χ1) is 22.4. The average molecular weight is 659 g/mol. The minimum absolute atomic E-state index is 0.0343. The largest absolute Gasteiger partial charge is 0.478 e. The Morgan fingerprint density at radius 1 is 0.958 bits per heavy atom. The number of nitrogens with zero attached hydrogens (tertiary/aromatic N) is 1. The van der Waals surface area contributed by atoms with Gasteiger partial charge in [-0.1, -0.05) is 72.2 Å². The van der Waals surface area contributed by atoms with Gasteiger partial charge < -0.3 is 20.4 Å². The summed E-state index contributed by atoms with van der Waals surface area (Å²) >= 11 is 0. The van der Waals surface area contributed by atoms with Crippen molar-refractivity contribution in [3.05, 3.63) is 52.6 Å². The lowest BCUT2D eigenvalue weighted by Crippen LogP contribution is -2.64. The molecule has 3 fully saturated rings. The van der Waals surface area contributed by atoms with E-state index in [1.807, 2.05) is 12.1 Å². The van der Waals surface area contributed by atoms with E-state index in [-0.39, 0.29) is 33.4 Å². The number of ketones is 1. The molecular weight excluding hydrogens is 596 g/mol. The molecule has 48 heavy (non-hydrogen) atoms. The number of rotatable bonds is 9. The van der Waals surface area contributed by atoms with Gasteiger partial charge in [-0.25, -0.2) is 4.79 Å². The van der Waals surface area contributed by atoms with Gasteiger partial charge in [0, 0.05) is 31.5 Å². The van der Waals surface area contributed by atoms with Crippen LogP contribution in [0.25, 0.3) is 5.57 Å². The van der Waals surface area contributed by atoms with Gasteiger partial charge in [-0.3, -0.25) is 4.79 Å². The van der Waals surface area contributed by atoms with Gasteiger partial charge in [0.25, 0.3) is 0 Å². The number of aliphatic hydroxyl groups excluding tert-OH is 1. The molecule has 5 aliphatic rings. The molecule has 0 amide bonds. The van der Waals surface area contributed by atoms with E-state index in [0.717, 1.165) is 56.3 Å². The number of carbonyl (C=O) groups is 2. The summed E-state index contributed by atoms with van der Waals surface area (Å²) in [6.45, 7) is 19.3. The van der Waals surface area contributed by atoms with Gasteiger partial charge >= 0.3 is 5.97 Å². The van der Waals surface area contributed by atoms with Gasteiger partial charge in [0.1, 0.15) is 0 Å². The van der Waals surface area contributed by atoms with Crippen LogP contribution in [0, 0.1) is 50.7 Å². The van der Waals surface area contributed by atoms with Crippen LogP contribution in [-0.4, -0.2) is 66.7 Å². The molecular formula is C42H62N2O4. The maximum absolute atomic E-state index is 13.9. The minimum Gasteiger partial charge on any atom is -0.478 e. The first kappa shape index (κ1) is 35.5. The molecule has 264 valence electrons. The lowest BCUT2D eigenvalue weighted by atomic mass is 9.33. The molecule has 0 bridgehead atoms. The molecule has 0 heterocycles. The number of hydrogen-bond acceptors (Lipinski definition) is 5. The van der Waals surface area contributed by atoms with E-state index < -0.39 is 17.5 Å². The number of aromatic carboxylic acids is 1. The fourth-order valence-corrected chi connectivity index (χ4v) is 12.7. The Morgan fingerprint density at radius 3 is 2.27 bits per heavy atom. The third kappa shape index (κ3) is 5.13. The van der Waals surface area contributed by atoms with Crippen molar-refractivity contribution >= 4 is 17.3 Å². The van der Waals surface area contributed by atoms with Crippen molar-refractivity contribution in [3.8, 4) is 0 Å².